The third kappa shape index (κ3) is 3.80. The summed E-state index contributed by atoms with van der Waals surface area (Å²) in [4.78, 5) is 20.9. The van der Waals surface area contributed by atoms with E-state index >= 15 is 0 Å². The summed E-state index contributed by atoms with van der Waals surface area (Å²) in [6.07, 6.45) is 3.15. The molecule has 2 N–H and O–H groups in total. The highest BCUT2D eigenvalue weighted by molar-refractivity contribution is 7.90. The number of benzene rings is 1. The molecule has 11 heteroatoms. The molecule has 1 aliphatic rings. The number of anilines is 2. The van der Waals surface area contributed by atoms with Crippen molar-refractivity contribution < 1.29 is 22.7 Å². The Morgan fingerprint density at radius 3 is 2.56 bits per heavy atom. The lowest BCUT2D eigenvalue weighted by Gasteiger charge is -2.32. The quantitative estimate of drug-likeness (QED) is 0.604. The third-order valence-electron chi connectivity index (χ3n) is 5.07. The van der Waals surface area contributed by atoms with Crippen LogP contribution < -0.4 is 19.5 Å². The van der Waals surface area contributed by atoms with Crippen LogP contribution in [0.5, 0.6) is 11.6 Å². The summed E-state index contributed by atoms with van der Waals surface area (Å²) in [5.41, 5.74) is 1.76. The predicted molar refractivity (Wildman–Crippen MR) is 121 cm³/mol. The van der Waals surface area contributed by atoms with E-state index in [0.29, 0.717) is 27.9 Å². The summed E-state index contributed by atoms with van der Waals surface area (Å²) in [7, 11) is 0.504. The van der Waals surface area contributed by atoms with Gasteiger partial charge in [0.1, 0.15) is 11.4 Å². The Labute approximate surface area is 185 Å². The zero-order valence-corrected chi connectivity index (χ0v) is 19.1. The molecule has 3 aromatic rings. The highest BCUT2D eigenvalue weighted by atomic mass is 32.2. The molecule has 0 saturated heterocycles. The molecule has 0 atom stereocenters. The molecule has 10 nitrogen and oxygen atoms in total. The number of nitrogens with zero attached hydrogens (tertiary/aromatic N) is 3. The van der Waals surface area contributed by atoms with Gasteiger partial charge < -0.3 is 14.8 Å². The van der Waals surface area contributed by atoms with Crippen molar-refractivity contribution >= 4 is 38.4 Å². The standard InChI is InChI=1S/C21H23N5O5S/c1-21(2)20(27)24-17-11-22-15-7-6-12(8-14(15)18(17)31-21)13-9-16(19(30-5)23-10-13)25-32(28,29)26(3)4/h6-11,25H,1-5H3,(H,24,27). The maximum atomic E-state index is 12.3. The van der Waals surface area contributed by atoms with Gasteiger partial charge in [-0.15, -0.1) is 0 Å². The molecule has 0 bridgehead atoms. The molecular formula is C21H23N5O5S. The number of rotatable bonds is 5. The lowest BCUT2D eigenvalue weighted by Crippen LogP contribution is -2.45. The number of hydrogen-bond acceptors (Lipinski definition) is 7. The zero-order chi connectivity index (χ0) is 23.3. The highest BCUT2D eigenvalue weighted by Crippen LogP contribution is 2.40. The van der Waals surface area contributed by atoms with Crippen LogP contribution in [0.1, 0.15) is 13.8 Å². The first-order valence-electron chi connectivity index (χ1n) is 9.70. The van der Waals surface area contributed by atoms with Crippen LogP contribution in [0.2, 0.25) is 0 Å². The van der Waals surface area contributed by atoms with Gasteiger partial charge in [-0.1, -0.05) is 6.07 Å². The van der Waals surface area contributed by atoms with Crippen molar-refractivity contribution in [1.82, 2.24) is 14.3 Å². The second kappa shape index (κ2) is 7.61. The third-order valence-corrected chi connectivity index (χ3v) is 6.51. The second-order valence-electron chi connectivity index (χ2n) is 7.97. The average molecular weight is 458 g/mol. The normalized spacial score (nSPS) is 15.1. The van der Waals surface area contributed by atoms with E-state index in [9.17, 15) is 13.2 Å². The van der Waals surface area contributed by atoms with Crippen molar-refractivity contribution in [2.75, 3.05) is 31.2 Å². The first-order valence-corrected chi connectivity index (χ1v) is 11.1. The summed E-state index contributed by atoms with van der Waals surface area (Å²) < 4.78 is 39.4. The minimum absolute atomic E-state index is 0.145. The number of ether oxygens (including phenoxy) is 2. The predicted octanol–water partition coefficient (Wildman–Crippen LogP) is 2.63. The summed E-state index contributed by atoms with van der Waals surface area (Å²) >= 11 is 0. The molecular weight excluding hydrogens is 434 g/mol. The topological polar surface area (TPSA) is 123 Å². The maximum Gasteiger partial charge on any atom is 0.301 e. The second-order valence-corrected chi connectivity index (χ2v) is 9.85. The Morgan fingerprint density at radius 1 is 1.12 bits per heavy atom. The van der Waals surface area contributed by atoms with Gasteiger partial charge in [-0.05, 0) is 37.6 Å². The van der Waals surface area contributed by atoms with E-state index in [1.54, 1.807) is 32.3 Å². The van der Waals surface area contributed by atoms with E-state index in [-0.39, 0.29) is 17.5 Å². The van der Waals surface area contributed by atoms with Crippen LogP contribution in [0.15, 0.2) is 36.7 Å². The van der Waals surface area contributed by atoms with Crippen molar-refractivity contribution in [3.8, 4) is 22.8 Å². The maximum absolute atomic E-state index is 12.3. The van der Waals surface area contributed by atoms with Crippen LogP contribution in [-0.2, 0) is 15.0 Å². The van der Waals surface area contributed by atoms with Crippen molar-refractivity contribution in [3.63, 3.8) is 0 Å². The molecule has 3 heterocycles. The fourth-order valence-electron chi connectivity index (χ4n) is 3.20. The molecule has 2 aromatic heterocycles. The minimum Gasteiger partial charge on any atom is -0.479 e. The molecule has 0 spiro atoms. The molecule has 168 valence electrons. The van der Waals surface area contributed by atoms with Crippen LogP contribution in [0, 0.1) is 0 Å². The molecule has 0 saturated carbocycles. The minimum atomic E-state index is -3.75. The van der Waals surface area contributed by atoms with Gasteiger partial charge in [-0.3, -0.25) is 14.5 Å². The van der Waals surface area contributed by atoms with Gasteiger partial charge >= 0.3 is 10.2 Å². The van der Waals surface area contributed by atoms with Crippen molar-refractivity contribution in [1.29, 1.82) is 0 Å². The fraction of sp³-hybridized carbons (Fsp3) is 0.286. The Hall–Kier alpha value is -3.44. The first kappa shape index (κ1) is 21.8. The number of hydrogen-bond donors (Lipinski definition) is 2. The number of aromatic nitrogens is 2. The van der Waals surface area contributed by atoms with Crippen molar-refractivity contribution in [2.45, 2.75) is 19.4 Å². The largest absolute Gasteiger partial charge is 0.479 e. The van der Waals surface area contributed by atoms with Crippen LogP contribution in [0.3, 0.4) is 0 Å². The smallest absolute Gasteiger partial charge is 0.301 e. The summed E-state index contributed by atoms with van der Waals surface area (Å²) in [5, 5.41) is 3.53. The summed E-state index contributed by atoms with van der Waals surface area (Å²) in [5.74, 6) is 0.419. The van der Waals surface area contributed by atoms with E-state index in [2.05, 4.69) is 20.0 Å². The Balaban J connectivity index is 1.82. The zero-order valence-electron chi connectivity index (χ0n) is 18.3. The molecule has 0 aliphatic carbocycles. The van der Waals surface area contributed by atoms with E-state index in [1.807, 2.05) is 18.2 Å². The van der Waals surface area contributed by atoms with Crippen molar-refractivity contribution in [2.24, 2.45) is 0 Å². The van der Waals surface area contributed by atoms with E-state index in [1.165, 1.54) is 21.2 Å². The van der Waals surface area contributed by atoms with Gasteiger partial charge in [0.05, 0.1) is 18.8 Å². The fourth-order valence-corrected chi connectivity index (χ4v) is 3.80. The van der Waals surface area contributed by atoms with Gasteiger partial charge in [-0.2, -0.15) is 12.7 Å². The van der Waals surface area contributed by atoms with Crippen LogP contribution in [-0.4, -0.2) is 55.4 Å². The SMILES string of the molecule is COc1ncc(-c2ccc3ncc4c(c3c2)OC(C)(C)C(=O)N4)cc1NS(=O)(=O)N(C)C. The number of nitrogens with one attached hydrogen (secondary N) is 2. The average Bonchev–Trinajstić information content (AvgIpc) is 2.73. The number of carbonyl (C=O) groups excluding carboxylic acids is 1. The lowest BCUT2D eigenvalue weighted by atomic mass is 10.0. The van der Waals surface area contributed by atoms with E-state index in [4.69, 9.17) is 9.47 Å². The van der Waals surface area contributed by atoms with E-state index < -0.39 is 15.8 Å². The molecule has 1 amide bonds. The molecule has 0 fully saturated rings. The highest BCUT2D eigenvalue weighted by Gasteiger charge is 2.36. The number of methoxy groups -OCH3 is 1. The Kier molecular flexibility index (Phi) is 5.18. The van der Waals surface area contributed by atoms with Crippen LogP contribution in [0.25, 0.3) is 22.0 Å². The molecule has 0 radical (unpaired) electrons. The number of fused-ring (bicyclic) bond motifs is 3. The van der Waals surface area contributed by atoms with Gasteiger partial charge in [0.25, 0.3) is 5.91 Å². The van der Waals surface area contributed by atoms with Gasteiger partial charge in [0.2, 0.25) is 5.88 Å². The summed E-state index contributed by atoms with van der Waals surface area (Å²) in [6.45, 7) is 3.38. The lowest BCUT2D eigenvalue weighted by molar-refractivity contribution is -0.129. The van der Waals surface area contributed by atoms with Gasteiger partial charge in [0, 0.05) is 31.2 Å². The monoisotopic (exact) mass is 457 g/mol. The summed E-state index contributed by atoms with van der Waals surface area (Å²) in [6, 6.07) is 7.18. The molecule has 0 unspecified atom stereocenters. The number of pyridine rings is 2. The molecule has 4 rings (SSSR count). The number of amides is 1. The molecule has 32 heavy (non-hydrogen) atoms. The first-order chi connectivity index (χ1) is 15.0. The molecule has 1 aromatic carbocycles. The van der Waals surface area contributed by atoms with E-state index in [0.717, 1.165) is 9.87 Å². The van der Waals surface area contributed by atoms with Gasteiger partial charge in [0.15, 0.2) is 11.4 Å². The Bertz CT molecular complexity index is 1340. The van der Waals surface area contributed by atoms with Crippen LogP contribution >= 0.6 is 0 Å². The van der Waals surface area contributed by atoms with Crippen molar-refractivity contribution in [3.05, 3.63) is 36.7 Å². The van der Waals surface area contributed by atoms with Gasteiger partial charge in [-0.25, -0.2) is 4.98 Å². The molecule has 1 aliphatic heterocycles. The van der Waals surface area contributed by atoms with Crippen LogP contribution in [0.4, 0.5) is 11.4 Å². The Morgan fingerprint density at radius 2 is 1.88 bits per heavy atom. The number of carbonyl (C=O) groups is 1.